The van der Waals surface area contributed by atoms with Crippen LogP contribution >= 0.6 is 34.8 Å². The minimum Gasteiger partial charge on any atom is -0.323 e. The van der Waals surface area contributed by atoms with E-state index in [1.165, 1.54) is 36.4 Å². The van der Waals surface area contributed by atoms with E-state index in [-0.39, 0.29) is 27.2 Å². The van der Waals surface area contributed by atoms with Gasteiger partial charge in [-0.25, -0.2) is 9.18 Å². The minimum atomic E-state index is -1.37. The molecule has 0 aliphatic carbocycles. The van der Waals surface area contributed by atoms with Crippen LogP contribution in [0.2, 0.25) is 15.1 Å². The molecule has 1 heterocycles. The van der Waals surface area contributed by atoms with Crippen molar-refractivity contribution < 1.29 is 18.8 Å². The zero-order chi connectivity index (χ0) is 21.3. The van der Waals surface area contributed by atoms with E-state index < -0.39 is 35.7 Å². The average Bonchev–Trinajstić information content (AvgIpc) is 2.91. The number of amides is 4. The van der Waals surface area contributed by atoms with Crippen molar-refractivity contribution in [3.05, 3.63) is 62.8 Å². The van der Waals surface area contributed by atoms with Crippen LogP contribution < -0.4 is 10.6 Å². The van der Waals surface area contributed by atoms with Crippen molar-refractivity contribution in [2.75, 3.05) is 11.9 Å². The Bertz CT molecular complexity index is 1000. The number of anilines is 1. The summed E-state index contributed by atoms with van der Waals surface area (Å²) in [5.41, 5.74) is -0.750. The van der Waals surface area contributed by atoms with Crippen LogP contribution in [0, 0.1) is 5.82 Å². The molecule has 2 aromatic carbocycles. The van der Waals surface area contributed by atoms with Crippen LogP contribution in [0.25, 0.3) is 0 Å². The third-order valence-corrected chi connectivity index (χ3v) is 5.66. The molecule has 3 rings (SSSR count). The summed E-state index contributed by atoms with van der Waals surface area (Å²) in [5.74, 6) is -1.72. The molecule has 29 heavy (non-hydrogen) atoms. The number of benzene rings is 2. The first kappa shape index (κ1) is 21.4. The number of urea groups is 1. The normalized spacial score (nSPS) is 18.7. The van der Waals surface area contributed by atoms with E-state index in [2.05, 4.69) is 10.6 Å². The zero-order valence-electron chi connectivity index (χ0n) is 15.1. The maximum absolute atomic E-state index is 13.3. The second kappa shape index (κ2) is 8.18. The Kier molecular flexibility index (Phi) is 6.03. The molecule has 10 heteroatoms. The standard InChI is InChI=1S/C19H15Cl3FN3O3/c1-2-19(10-3-5-11(23)6-4-10)17(28)26(18(29)25-19)9-16(27)24-15-8-13(21)12(20)7-14(15)22/h3-8H,2,9H2,1H3,(H,24,27)(H,25,29). The van der Waals surface area contributed by atoms with E-state index in [4.69, 9.17) is 34.8 Å². The Balaban J connectivity index is 1.80. The molecular weight excluding hydrogens is 444 g/mol. The van der Waals surface area contributed by atoms with Crippen LogP contribution in [-0.2, 0) is 15.1 Å². The molecule has 1 unspecified atom stereocenters. The molecule has 0 saturated carbocycles. The maximum atomic E-state index is 13.3. The Hall–Kier alpha value is -2.35. The van der Waals surface area contributed by atoms with Gasteiger partial charge in [0.05, 0.1) is 20.8 Å². The molecule has 4 amide bonds. The SMILES string of the molecule is CCC1(c2ccc(F)cc2)NC(=O)N(CC(=O)Nc2cc(Cl)c(Cl)cc2Cl)C1=O. The summed E-state index contributed by atoms with van der Waals surface area (Å²) in [6.45, 7) is 1.17. The monoisotopic (exact) mass is 457 g/mol. The van der Waals surface area contributed by atoms with Crippen molar-refractivity contribution in [1.29, 1.82) is 0 Å². The van der Waals surface area contributed by atoms with Crippen LogP contribution in [0.3, 0.4) is 0 Å². The fourth-order valence-electron chi connectivity index (χ4n) is 3.10. The molecular formula is C19H15Cl3FN3O3. The first-order valence-electron chi connectivity index (χ1n) is 8.52. The number of rotatable bonds is 5. The number of nitrogens with one attached hydrogen (secondary N) is 2. The third-order valence-electron chi connectivity index (χ3n) is 4.63. The molecule has 1 aliphatic rings. The van der Waals surface area contributed by atoms with Crippen LogP contribution in [0.1, 0.15) is 18.9 Å². The lowest BCUT2D eigenvalue weighted by Crippen LogP contribution is -2.44. The number of nitrogens with zero attached hydrogens (tertiary/aromatic N) is 1. The van der Waals surface area contributed by atoms with Crippen LogP contribution in [0.15, 0.2) is 36.4 Å². The van der Waals surface area contributed by atoms with E-state index in [0.717, 1.165) is 4.90 Å². The molecule has 1 saturated heterocycles. The van der Waals surface area contributed by atoms with E-state index >= 15 is 0 Å². The molecule has 0 bridgehead atoms. The van der Waals surface area contributed by atoms with Crippen molar-refractivity contribution in [3.8, 4) is 0 Å². The van der Waals surface area contributed by atoms with E-state index in [9.17, 15) is 18.8 Å². The van der Waals surface area contributed by atoms with Gasteiger partial charge in [0.2, 0.25) is 5.91 Å². The van der Waals surface area contributed by atoms with Crippen LogP contribution in [-0.4, -0.2) is 29.3 Å². The molecule has 0 spiro atoms. The Morgan fingerprint density at radius 2 is 1.72 bits per heavy atom. The van der Waals surface area contributed by atoms with Crippen molar-refractivity contribution in [2.45, 2.75) is 18.9 Å². The predicted molar refractivity (Wildman–Crippen MR) is 109 cm³/mol. The summed E-state index contributed by atoms with van der Waals surface area (Å²) in [6, 6.07) is 7.26. The summed E-state index contributed by atoms with van der Waals surface area (Å²) in [6.07, 6.45) is 0.222. The van der Waals surface area contributed by atoms with Gasteiger partial charge >= 0.3 is 6.03 Å². The molecule has 1 atom stereocenters. The molecule has 0 radical (unpaired) electrons. The molecule has 1 aliphatic heterocycles. The van der Waals surface area contributed by atoms with Gasteiger partial charge in [0, 0.05) is 0 Å². The largest absolute Gasteiger partial charge is 0.325 e. The van der Waals surface area contributed by atoms with E-state index in [0.29, 0.717) is 5.56 Å². The van der Waals surface area contributed by atoms with Crippen molar-refractivity contribution in [2.24, 2.45) is 0 Å². The lowest BCUT2D eigenvalue weighted by molar-refractivity contribution is -0.134. The highest BCUT2D eigenvalue weighted by Gasteiger charge is 2.51. The lowest BCUT2D eigenvalue weighted by Gasteiger charge is -2.25. The number of hydrogen-bond donors (Lipinski definition) is 2. The number of carbonyl (C=O) groups is 3. The van der Waals surface area contributed by atoms with Crippen LogP contribution in [0.4, 0.5) is 14.9 Å². The summed E-state index contributed by atoms with van der Waals surface area (Å²) < 4.78 is 13.3. The highest BCUT2D eigenvalue weighted by atomic mass is 35.5. The molecule has 2 N–H and O–H groups in total. The number of imide groups is 1. The molecule has 2 aromatic rings. The fraction of sp³-hybridized carbons (Fsp3) is 0.211. The Labute approximate surface area is 180 Å². The second-order valence-corrected chi connectivity index (χ2v) is 7.60. The average molecular weight is 459 g/mol. The first-order chi connectivity index (χ1) is 13.7. The highest BCUT2D eigenvalue weighted by molar-refractivity contribution is 6.44. The molecule has 6 nitrogen and oxygen atoms in total. The maximum Gasteiger partial charge on any atom is 0.325 e. The van der Waals surface area contributed by atoms with E-state index in [1.54, 1.807) is 6.92 Å². The van der Waals surface area contributed by atoms with Gasteiger partial charge in [0.15, 0.2) is 0 Å². The third kappa shape index (κ3) is 4.03. The smallest absolute Gasteiger partial charge is 0.323 e. The van der Waals surface area contributed by atoms with Crippen molar-refractivity contribution in [3.63, 3.8) is 0 Å². The van der Waals surface area contributed by atoms with Crippen molar-refractivity contribution in [1.82, 2.24) is 10.2 Å². The fourth-order valence-corrected chi connectivity index (χ4v) is 3.69. The van der Waals surface area contributed by atoms with Gasteiger partial charge in [0.1, 0.15) is 17.9 Å². The second-order valence-electron chi connectivity index (χ2n) is 6.38. The van der Waals surface area contributed by atoms with Gasteiger partial charge in [-0.1, -0.05) is 53.9 Å². The molecule has 152 valence electrons. The minimum absolute atomic E-state index is 0.152. The van der Waals surface area contributed by atoms with E-state index in [1.807, 2.05) is 0 Å². The molecule has 1 fully saturated rings. The number of hydrogen-bond acceptors (Lipinski definition) is 3. The van der Waals surface area contributed by atoms with Gasteiger partial charge in [0.25, 0.3) is 5.91 Å². The number of carbonyl (C=O) groups excluding carboxylic acids is 3. The summed E-state index contributed by atoms with van der Waals surface area (Å²) in [7, 11) is 0. The number of halogens is 4. The highest BCUT2D eigenvalue weighted by Crippen LogP contribution is 2.34. The van der Waals surface area contributed by atoms with Gasteiger partial charge in [-0.05, 0) is 36.2 Å². The lowest BCUT2D eigenvalue weighted by atomic mass is 9.87. The summed E-state index contributed by atoms with van der Waals surface area (Å²) >= 11 is 17.8. The zero-order valence-corrected chi connectivity index (χ0v) is 17.3. The summed E-state index contributed by atoms with van der Waals surface area (Å²) in [4.78, 5) is 38.7. The van der Waals surface area contributed by atoms with Gasteiger partial charge < -0.3 is 10.6 Å². The molecule has 0 aromatic heterocycles. The summed E-state index contributed by atoms with van der Waals surface area (Å²) in [5, 5.41) is 5.68. The van der Waals surface area contributed by atoms with Crippen molar-refractivity contribution >= 4 is 58.3 Å². The quantitative estimate of drug-likeness (QED) is 0.508. The van der Waals surface area contributed by atoms with Crippen LogP contribution in [0.5, 0.6) is 0 Å². The first-order valence-corrected chi connectivity index (χ1v) is 9.66. The van der Waals surface area contributed by atoms with Gasteiger partial charge in [-0.3, -0.25) is 14.5 Å². The van der Waals surface area contributed by atoms with Gasteiger partial charge in [-0.2, -0.15) is 0 Å². The van der Waals surface area contributed by atoms with Gasteiger partial charge in [-0.15, -0.1) is 0 Å². The Morgan fingerprint density at radius 3 is 2.34 bits per heavy atom. The Morgan fingerprint density at radius 1 is 1.10 bits per heavy atom. The topological polar surface area (TPSA) is 78.5 Å². The predicted octanol–water partition coefficient (Wildman–Crippen LogP) is 4.58.